The molecular weight excluding hydrogens is 466 g/mol. The summed E-state index contributed by atoms with van der Waals surface area (Å²) in [6, 6.07) is 8.62. The standard InChI is InChI=1S/C22H25N3O4S3/c1-15-8-9-17-19(13-15)31-22(23-17)24(14-16-5-3-11-29-16)21(26)18-6-2-10-25(18)32(27,28)20-7-4-12-30-20/h4,7-9,12-13,16,18H,2-3,5-6,10-11,14H2,1H3. The van der Waals surface area contributed by atoms with E-state index in [0.717, 1.165) is 28.6 Å². The third-order valence-electron chi connectivity index (χ3n) is 5.99. The molecule has 2 fully saturated rings. The van der Waals surface area contributed by atoms with Crippen molar-refractivity contribution in [1.29, 1.82) is 0 Å². The third-order valence-corrected chi connectivity index (χ3v) is 10.3. The molecular formula is C22H25N3O4S3. The highest BCUT2D eigenvalue weighted by Gasteiger charge is 2.43. The summed E-state index contributed by atoms with van der Waals surface area (Å²) < 4.78 is 34.9. The fraction of sp³-hybridized carbons (Fsp3) is 0.455. The highest BCUT2D eigenvalue weighted by Crippen LogP contribution is 2.34. The molecule has 32 heavy (non-hydrogen) atoms. The minimum Gasteiger partial charge on any atom is -0.376 e. The molecule has 1 amide bonds. The fourth-order valence-electron chi connectivity index (χ4n) is 4.37. The molecule has 0 spiro atoms. The Morgan fingerprint density at radius 1 is 1.28 bits per heavy atom. The van der Waals surface area contributed by atoms with Crippen molar-refractivity contribution in [3.63, 3.8) is 0 Å². The van der Waals surface area contributed by atoms with E-state index >= 15 is 0 Å². The van der Waals surface area contributed by atoms with Crippen LogP contribution in [0.3, 0.4) is 0 Å². The number of aromatic nitrogens is 1. The molecule has 0 bridgehead atoms. The van der Waals surface area contributed by atoms with Gasteiger partial charge >= 0.3 is 0 Å². The Morgan fingerprint density at radius 3 is 2.91 bits per heavy atom. The van der Waals surface area contributed by atoms with E-state index in [-0.39, 0.29) is 16.2 Å². The van der Waals surface area contributed by atoms with Crippen LogP contribution in [-0.2, 0) is 19.6 Å². The number of sulfonamides is 1. The predicted molar refractivity (Wildman–Crippen MR) is 127 cm³/mol. The summed E-state index contributed by atoms with van der Waals surface area (Å²) in [5.41, 5.74) is 1.98. The average molecular weight is 492 g/mol. The number of thiophene rings is 1. The Hall–Kier alpha value is -1.85. The van der Waals surface area contributed by atoms with Crippen molar-refractivity contribution in [2.45, 2.75) is 49.0 Å². The average Bonchev–Trinajstić information content (AvgIpc) is 3.56. The van der Waals surface area contributed by atoms with E-state index < -0.39 is 16.1 Å². The lowest BCUT2D eigenvalue weighted by Gasteiger charge is -2.29. The molecule has 0 N–H and O–H groups in total. The zero-order chi connectivity index (χ0) is 22.3. The second-order valence-electron chi connectivity index (χ2n) is 8.26. The lowest BCUT2D eigenvalue weighted by Crippen LogP contribution is -2.49. The first-order chi connectivity index (χ1) is 15.4. The number of benzene rings is 1. The molecule has 0 radical (unpaired) electrons. The molecule has 5 rings (SSSR count). The van der Waals surface area contributed by atoms with Crippen molar-refractivity contribution >= 4 is 54.0 Å². The van der Waals surface area contributed by atoms with Gasteiger partial charge in [-0.15, -0.1) is 11.3 Å². The maximum absolute atomic E-state index is 13.8. The van der Waals surface area contributed by atoms with Crippen LogP contribution in [0.2, 0.25) is 0 Å². The van der Waals surface area contributed by atoms with Gasteiger partial charge in [-0.05, 0) is 61.7 Å². The van der Waals surface area contributed by atoms with E-state index in [4.69, 9.17) is 9.72 Å². The molecule has 4 heterocycles. The van der Waals surface area contributed by atoms with Gasteiger partial charge in [0.25, 0.3) is 10.0 Å². The number of aryl methyl sites for hydroxylation is 1. The number of anilines is 1. The number of rotatable bonds is 6. The number of carbonyl (C=O) groups is 1. The lowest BCUT2D eigenvalue weighted by atomic mass is 10.2. The number of hydrogen-bond acceptors (Lipinski definition) is 7. The molecule has 2 aliphatic rings. The molecule has 2 saturated heterocycles. The van der Waals surface area contributed by atoms with Crippen molar-refractivity contribution in [3.05, 3.63) is 41.3 Å². The van der Waals surface area contributed by atoms with E-state index in [1.807, 2.05) is 19.1 Å². The van der Waals surface area contributed by atoms with Crippen LogP contribution >= 0.6 is 22.7 Å². The smallest absolute Gasteiger partial charge is 0.253 e. The van der Waals surface area contributed by atoms with Crippen LogP contribution in [0.5, 0.6) is 0 Å². The maximum Gasteiger partial charge on any atom is 0.253 e. The highest BCUT2D eigenvalue weighted by molar-refractivity contribution is 7.91. The first-order valence-corrected chi connectivity index (χ1v) is 13.9. The van der Waals surface area contributed by atoms with Crippen LogP contribution in [-0.4, -0.2) is 55.5 Å². The van der Waals surface area contributed by atoms with Gasteiger partial charge in [0.05, 0.1) is 22.9 Å². The van der Waals surface area contributed by atoms with Gasteiger partial charge in [-0.2, -0.15) is 4.31 Å². The van der Waals surface area contributed by atoms with E-state index in [1.54, 1.807) is 22.4 Å². The van der Waals surface area contributed by atoms with Crippen LogP contribution in [0.25, 0.3) is 10.2 Å². The molecule has 0 saturated carbocycles. The molecule has 7 nitrogen and oxygen atoms in total. The van der Waals surface area contributed by atoms with Crippen LogP contribution in [0.4, 0.5) is 5.13 Å². The van der Waals surface area contributed by atoms with Crippen molar-refractivity contribution in [2.24, 2.45) is 0 Å². The normalized spacial score (nSPS) is 22.0. The van der Waals surface area contributed by atoms with Crippen LogP contribution < -0.4 is 4.90 Å². The van der Waals surface area contributed by atoms with Crippen molar-refractivity contribution < 1.29 is 17.9 Å². The van der Waals surface area contributed by atoms with Crippen LogP contribution in [0, 0.1) is 6.92 Å². The topological polar surface area (TPSA) is 79.8 Å². The molecule has 3 aromatic rings. The first-order valence-electron chi connectivity index (χ1n) is 10.8. The zero-order valence-corrected chi connectivity index (χ0v) is 20.2. The predicted octanol–water partition coefficient (Wildman–Crippen LogP) is 4.03. The van der Waals surface area contributed by atoms with E-state index in [2.05, 4.69) is 6.07 Å². The minimum atomic E-state index is -3.71. The highest BCUT2D eigenvalue weighted by atomic mass is 32.2. The molecule has 2 aliphatic heterocycles. The molecule has 2 aromatic heterocycles. The third kappa shape index (κ3) is 4.10. The summed E-state index contributed by atoms with van der Waals surface area (Å²) in [6.07, 6.45) is 2.96. The minimum absolute atomic E-state index is 0.0588. The molecule has 2 atom stereocenters. The number of amides is 1. The lowest BCUT2D eigenvalue weighted by molar-refractivity contribution is -0.122. The van der Waals surface area contributed by atoms with Crippen LogP contribution in [0.15, 0.2) is 39.9 Å². The number of thiazole rings is 1. The van der Waals surface area contributed by atoms with E-state index in [9.17, 15) is 13.2 Å². The number of fused-ring (bicyclic) bond motifs is 1. The van der Waals surface area contributed by atoms with Gasteiger partial charge < -0.3 is 4.74 Å². The van der Waals surface area contributed by atoms with Crippen LogP contribution in [0.1, 0.15) is 31.2 Å². The summed E-state index contributed by atoms with van der Waals surface area (Å²) in [5.74, 6) is -0.214. The fourth-order valence-corrected chi connectivity index (χ4v) is 8.22. The van der Waals surface area contributed by atoms with E-state index in [1.165, 1.54) is 27.0 Å². The Morgan fingerprint density at radius 2 is 2.16 bits per heavy atom. The summed E-state index contributed by atoms with van der Waals surface area (Å²) >= 11 is 2.65. The maximum atomic E-state index is 13.8. The van der Waals surface area contributed by atoms with Gasteiger partial charge in [0.15, 0.2) is 5.13 Å². The second kappa shape index (κ2) is 8.83. The summed E-state index contributed by atoms with van der Waals surface area (Å²) in [4.78, 5) is 20.2. The number of carbonyl (C=O) groups excluding carboxylic acids is 1. The monoisotopic (exact) mass is 491 g/mol. The Kier molecular flexibility index (Phi) is 6.06. The Labute approximate surface area is 195 Å². The van der Waals surface area contributed by atoms with Gasteiger partial charge in [0, 0.05) is 13.2 Å². The largest absolute Gasteiger partial charge is 0.376 e. The summed E-state index contributed by atoms with van der Waals surface area (Å²) in [7, 11) is -3.71. The van der Waals surface area contributed by atoms with E-state index in [0.29, 0.717) is 37.7 Å². The molecule has 0 aliphatic carbocycles. The number of nitrogens with zero attached hydrogens (tertiary/aromatic N) is 3. The quantitative estimate of drug-likeness (QED) is 0.520. The van der Waals surface area contributed by atoms with Crippen molar-refractivity contribution in [2.75, 3.05) is 24.6 Å². The summed E-state index contributed by atoms with van der Waals surface area (Å²) in [5, 5.41) is 2.35. The Balaban J connectivity index is 1.49. The molecule has 2 unspecified atom stereocenters. The second-order valence-corrected chi connectivity index (χ2v) is 12.3. The van der Waals surface area contributed by atoms with Gasteiger partial charge in [0.1, 0.15) is 10.3 Å². The van der Waals surface area contributed by atoms with Crippen molar-refractivity contribution in [3.8, 4) is 0 Å². The SMILES string of the molecule is Cc1ccc2nc(N(CC3CCCO3)C(=O)C3CCCN3S(=O)(=O)c3cccs3)sc2c1. The first kappa shape index (κ1) is 22.0. The molecule has 10 heteroatoms. The summed E-state index contributed by atoms with van der Waals surface area (Å²) in [6.45, 7) is 3.46. The van der Waals surface area contributed by atoms with Gasteiger partial charge in [0.2, 0.25) is 5.91 Å². The Bertz CT molecular complexity index is 1220. The number of hydrogen-bond donors (Lipinski definition) is 0. The number of ether oxygens (including phenoxy) is 1. The molecule has 1 aromatic carbocycles. The molecule has 170 valence electrons. The zero-order valence-electron chi connectivity index (χ0n) is 17.8. The van der Waals surface area contributed by atoms with Gasteiger partial charge in [-0.25, -0.2) is 13.4 Å². The van der Waals surface area contributed by atoms with Gasteiger partial charge in [-0.1, -0.05) is 23.5 Å². The van der Waals surface area contributed by atoms with Gasteiger partial charge in [-0.3, -0.25) is 9.69 Å². The van der Waals surface area contributed by atoms with Crippen molar-refractivity contribution in [1.82, 2.24) is 9.29 Å².